The van der Waals surface area contributed by atoms with E-state index in [0.717, 1.165) is 35.8 Å². The number of phenolic OH excluding ortho intramolecular Hbond substituents is 1. The van der Waals surface area contributed by atoms with Crippen molar-refractivity contribution in [2.24, 2.45) is 0 Å². The highest BCUT2D eigenvalue weighted by Gasteiger charge is 2.23. The Labute approximate surface area is 125 Å². The number of rotatable bonds is 3. The summed E-state index contributed by atoms with van der Waals surface area (Å²) in [4.78, 5) is -0.413. The maximum atomic E-state index is 12.4. The number of nitrogens with zero attached hydrogens (tertiary/aromatic N) is 1. The van der Waals surface area contributed by atoms with E-state index in [4.69, 9.17) is 5.26 Å². The van der Waals surface area contributed by atoms with Gasteiger partial charge in [-0.1, -0.05) is 0 Å². The van der Waals surface area contributed by atoms with Crippen LogP contribution in [-0.4, -0.2) is 28.2 Å². The zero-order valence-electron chi connectivity index (χ0n) is 10.6. The third-order valence-corrected chi connectivity index (χ3v) is 6.87. The molecular weight excluding hydrogens is 334 g/mol. The molecule has 21 heavy (non-hydrogen) atoms. The summed E-state index contributed by atoms with van der Waals surface area (Å²) < 4.78 is 47.7. The molecule has 1 aromatic carbocycles. The Hall–Kier alpha value is -1.89. The van der Waals surface area contributed by atoms with E-state index in [2.05, 4.69) is 0 Å². The van der Waals surface area contributed by atoms with Crippen LogP contribution in [0, 0.1) is 11.3 Å². The van der Waals surface area contributed by atoms with Gasteiger partial charge in [0.25, 0.3) is 0 Å². The molecule has 6 nitrogen and oxygen atoms in total. The van der Waals surface area contributed by atoms with Gasteiger partial charge in [-0.15, -0.1) is 11.3 Å². The fourth-order valence-corrected chi connectivity index (χ4v) is 4.89. The third kappa shape index (κ3) is 3.07. The molecule has 0 saturated heterocycles. The molecule has 0 fully saturated rings. The Balaban J connectivity index is 2.66. The fourth-order valence-electron chi connectivity index (χ4n) is 1.57. The Bertz CT molecular complexity index is 949. The first-order chi connectivity index (χ1) is 9.64. The van der Waals surface area contributed by atoms with Crippen molar-refractivity contribution in [3.8, 4) is 11.8 Å². The lowest BCUT2D eigenvalue weighted by molar-refractivity contribution is 0.470. The van der Waals surface area contributed by atoms with E-state index >= 15 is 0 Å². The summed E-state index contributed by atoms with van der Waals surface area (Å²) in [5, 5.41) is 18.3. The van der Waals surface area contributed by atoms with Crippen LogP contribution < -0.4 is 0 Å². The summed E-state index contributed by atoms with van der Waals surface area (Å²) in [6, 6.07) is 7.38. The highest BCUT2D eigenvalue weighted by atomic mass is 32.2. The molecule has 0 spiro atoms. The number of nitriles is 1. The molecule has 2 rings (SSSR count). The van der Waals surface area contributed by atoms with Gasteiger partial charge in [0.05, 0.1) is 9.79 Å². The summed E-state index contributed by atoms with van der Waals surface area (Å²) in [7, 11) is -7.65. The second-order valence-electron chi connectivity index (χ2n) is 4.17. The van der Waals surface area contributed by atoms with Crippen LogP contribution in [0.3, 0.4) is 0 Å². The fraction of sp³-hybridized carbons (Fsp3) is 0.0833. The van der Waals surface area contributed by atoms with Gasteiger partial charge >= 0.3 is 0 Å². The monoisotopic (exact) mass is 343 g/mol. The Morgan fingerprint density at radius 1 is 1.10 bits per heavy atom. The molecule has 2 aromatic rings. The van der Waals surface area contributed by atoms with Crippen LogP contribution in [0.4, 0.5) is 0 Å². The predicted octanol–water partition coefficient (Wildman–Crippen LogP) is 1.56. The summed E-state index contributed by atoms with van der Waals surface area (Å²) in [5.74, 6) is -0.464. The van der Waals surface area contributed by atoms with Crippen molar-refractivity contribution >= 4 is 31.0 Å². The number of hydrogen-bond acceptors (Lipinski definition) is 7. The topological polar surface area (TPSA) is 112 Å². The minimum absolute atomic E-state index is 0.0934. The smallest absolute Gasteiger partial charge is 0.216 e. The largest absolute Gasteiger partial charge is 0.508 e. The first-order valence-corrected chi connectivity index (χ1v) is 9.63. The molecular formula is C12H9NO5S3. The first kappa shape index (κ1) is 15.5. The molecule has 110 valence electrons. The summed E-state index contributed by atoms with van der Waals surface area (Å²) in [5.41, 5.74) is 0. The lowest BCUT2D eigenvalue weighted by Crippen LogP contribution is -2.03. The molecule has 1 aromatic heterocycles. The molecule has 1 N–H and O–H groups in total. The van der Waals surface area contributed by atoms with Gasteiger partial charge in [0.1, 0.15) is 20.9 Å². The zero-order valence-corrected chi connectivity index (χ0v) is 13.1. The number of hydrogen-bond donors (Lipinski definition) is 1. The maximum absolute atomic E-state index is 12.4. The Morgan fingerprint density at radius 2 is 1.71 bits per heavy atom. The van der Waals surface area contributed by atoms with Gasteiger partial charge in [-0.05, 0) is 30.3 Å². The Morgan fingerprint density at radius 3 is 2.24 bits per heavy atom. The van der Waals surface area contributed by atoms with E-state index in [-0.39, 0.29) is 18.9 Å². The lowest BCUT2D eigenvalue weighted by atomic mass is 10.3. The molecule has 1 heterocycles. The van der Waals surface area contributed by atoms with Gasteiger partial charge in [0, 0.05) is 6.26 Å². The standard InChI is InChI=1S/C12H9NO5S3/c1-20(15,16)10-4-8(14)5-11(6-10)21(17,18)12-3-2-9(7-13)19-12/h2-6,14H,1H3. The molecule has 0 amide bonds. The highest BCUT2D eigenvalue weighted by molar-refractivity contribution is 7.93. The van der Waals surface area contributed by atoms with E-state index < -0.39 is 25.4 Å². The average molecular weight is 343 g/mol. The number of phenols is 1. The van der Waals surface area contributed by atoms with Gasteiger partial charge < -0.3 is 5.11 Å². The lowest BCUT2D eigenvalue weighted by Gasteiger charge is -2.05. The summed E-state index contributed by atoms with van der Waals surface area (Å²) >= 11 is 0.774. The third-order valence-electron chi connectivity index (χ3n) is 2.56. The molecule has 0 aliphatic carbocycles. The zero-order chi connectivity index (χ0) is 15.8. The normalized spacial score (nSPS) is 12.0. The number of benzene rings is 1. The SMILES string of the molecule is CS(=O)(=O)c1cc(O)cc(S(=O)(=O)c2ccc(C#N)s2)c1. The van der Waals surface area contributed by atoms with Gasteiger partial charge in [0.15, 0.2) is 9.84 Å². The molecule has 9 heteroatoms. The van der Waals surface area contributed by atoms with Crippen molar-refractivity contribution in [2.45, 2.75) is 14.0 Å². The quantitative estimate of drug-likeness (QED) is 0.905. The minimum Gasteiger partial charge on any atom is -0.508 e. The van der Waals surface area contributed by atoms with Crippen molar-refractivity contribution in [3.05, 3.63) is 35.2 Å². The van der Waals surface area contributed by atoms with E-state index in [0.29, 0.717) is 0 Å². The van der Waals surface area contributed by atoms with Crippen LogP contribution in [0.15, 0.2) is 44.3 Å². The van der Waals surface area contributed by atoms with Crippen LogP contribution in [0.25, 0.3) is 0 Å². The Kier molecular flexibility index (Phi) is 3.79. The van der Waals surface area contributed by atoms with Gasteiger partial charge in [-0.2, -0.15) is 5.26 Å². The van der Waals surface area contributed by atoms with E-state index in [1.165, 1.54) is 12.1 Å². The second-order valence-corrected chi connectivity index (χ2v) is 9.44. The van der Waals surface area contributed by atoms with Crippen LogP contribution in [-0.2, 0) is 19.7 Å². The summed E-state index contributed by atoms with van der Waals surface area (Å²) in [6.45, 7) is 0. The second kappa shape index (κ2) is 5.14. The van der Waals surface area contributed by atoms with E-state index in [9.17, 15) is 21.9 Å². The number of aromatic hydroxyl groups is 1. The average Bonchev–Trinajstić information content (AvgIpc) is 2.86. The molecule has 0 radical (unpaired) electrons. The number of sulfone groups is 2. The van der Waals surface area contributed by atoms with Gasteiger partial charge in [0.2, 0.25) is 9.84 Å². The van der Waals surface area contributed by atoms with Crippen molar-refractivity contribution in [1.82, 2.24) is 0 Å². The van der Waals surface area contributed by atoms with E-state index in [1.807, 2.05) is 6.07 Å². The highest BCUT2D eigenvalue weighted by Crippen LogP contribution is 2.31. The molecule has 0 bridgehead atoms. The minimum atomic E-state index is -3.99. The number of thiophene rings is 1. The van der Waals surface area contributed by atoms with Crippen molar-refractivity contribution in [3.63, 3.8) is 0 Å². The summed E-state index contributed by atoms with van der Waals surface area (Å²) in [6.07, 6.45) is 0.914. The van der Waals surface area contributed by atoms with E-state index in [1.54, 1.807) is 0 Å². The molecule has 0 aliphatic rings. The van der Waals surface area contributed by atoms with Crippen LogP contribution in [0.1, 0.15) is 4.88 Å². The maximum Gasteiger partial charge on any atom is 0.216 e. The first-order valence-electron chi connectivity index (χ1n) is 5.44. The van der Waals surface area contributed by atoms with Crippen LogP contribution >= 0.6 is 11.3 Å². The van der Waals surface area contributed by atoms with Gasteiger partial charge in [-0.25, -0.2) is 16.8 Å². The van der Waals surface area contributed by atoms with Gasteiger partial charge in [-0.3, -0.25) is 0 Å². The van der Waals surface area contributed by atoms with Crippen molar-refractivity contribution in [1.29, 1.82) is 5.26 Å². The molecule has 0 aliphatic heterocycles. The van der Waals surface area contributed by atoms with Crippen LogP contribution in [0.5, 0.6) is 5.75 Å². The van der Waals surface area contributed by atoms with Crippen molar-refractivity contribution < 1.29 is 21.9 Å². The molecule has 0 atom stereocenters. The predicted molar refractivity (Wildman–Crippen MR) is 75.7 cm³/mol. The molecule has 0 saturated carbocycles. The van der Waals surface area contributed by atoms with Crippen LogP contribution in [0.2, 0.25) is 0 Å². The van der Waals surface area contributed by atoms with Crippen molar-refractivity contribution in [2.75, 3.05) is 6.26 Å². The molecule has 0 unspecified atom stereocenters.